The van der Waals surface area contributed by atoms with Gasteiger partial charge in [0.25, 0.3) is 0 Å². The van der Waals surface area contributed by atoms with Gasteiger partial charge in [-0.15, -0.1) is 11.3 Å². The number of aryl methyl sites for hydroxylation is 1. The lowest BCUT2D eigenvalue weighted by Gasteiger charge is -2.09. The van der Waals surface area contributed by atoms with Crippen molar-refractivity contribution in [3.05, 3.63) is 39.8 Å². The molecule has 0 aliphatic rings. The molecule has 104 valence electrons. The first-order valence-electron chi connectivity index (χ1n) is 6.32. The first-order valence-corrected chi connectivity index (χ1v) is 7.14. The smallest absolute Gasteiger partial charge is 0.161 e. The molecular formula is C15H16N2O2S. The van der Waals surface area contributed by atoms with Gasteiger partial charge in [0.05, 0.1) is 36.9 Å². The van der Waals surface area contributed by atoms with E-state index in [1.165, 1.54) is 0 Å². The van der Waals surface area contributed by atoms with E-state index in [9.17, 15) is 0 Å². The zero-order chi connectivity index (χ0) is 14.4. The van der Waals surface area contributed by atoms with Crippen LogP contribution in [0.3, 0.4) is 0 Å². The second kappa shape index (κ2) is 6.92. The van der Waals surface area contributed by atoms with Crippen LogP contribution in [0.1, 0.15) is 15.6 Å². The molecule has 2 aromatic rings. The molecule has 0 saturated carbocycles. The fraction of sp³-hybridized carbons (Fsp3) is 0.333. The van der Waals surface area contributed by atoms with E-state index >= 15 is 0 Å². The molecule has 0 bridgehead atoms. The number of para-hydroxylation sites is 2. The third-order valence-corrected chi connectivity index (χ3v) is 4.04. The lowest BCUT2D eigenvalue weighted by Crippen LogP contribution is -2.02. The zero-order valence-electron chi connectivity index (χ0n) is 11.5. The van der Waals surface area contributed by atoms with Crippen LogP contribution in [0.2, 0.25) is 0 Å². The van der Waals surface area contributed by atoms with Crippen LogP contribution in [0, 0.1) is 18.3 Å². The second-order valence-electron chi connectivity index (χ2n) is 4.20. The van der Waals surface area contributed by atoms with Crippen LogP contribution < -0.4 is 9.47 Å². The molecule has 0 fully saturated rings. The summed E-state index contributed by atoms with van der Waals surface area (Å²) in [6, 6.07) is 9.73. The van der Waals surface area contributed by atoms with Crippen LogP contribution >= 0.6 is 11.3 Å². The molecule has 0 saturated heterocycles. The van der Waals surface area contributed by atoms with Crippen LogP contribution in [-0.2, 0) is 12.8 Å². The summed E-state index contributed by atoms with van der Waals surface area (Å²) < 4.78 is 10.9. The minimum atomic E-state index is 0.427. The standard InChI is InChI=1S/C15H16N2O2S/c1-11-14(7-9-16)20-15(17-11)8-10-19-13-6-4-3-5-12(13)18-2/h3-6H,7-8,10H2,1-2H3. The fourth-order valence-electron chi connectivity index (χ4n) is 1.82. The Labute approximate surface area is 122 Å². The SMILES string of the molecule is COc1ccccc1OCCc1nc(C)c(CC#N)s1. The molecule has 2 rings (SSSR count). The molecule has 0 aliphatic heterocycles. The lowest BCUT2D eigenvalue weighted by molar-refractivity contribution is 0.297. The highest BCUT2D eigenvalue weighted by Crippen LogP contribution is 2.26. The number of methoxy groups -OCH3 is 1. The van der Waals surface area contributed by atoms with Crippen molar-refractivity contribution < 1.29 is 9.47 Å². The molecule has 0 N–H and O–H groups in total. The Morgan fingerprint density at radius 1 is 1.30 bits per heavy atom. The Hall–Kier alpha value is -2.06. The van der Waals surface area contributed by atoms with E-state index in [4.69, 9.17) is 14.7 Å². The number of ether oxygens (including phenoxy) is 2. The minimum absolute atomic E-state index is 0.427. The van der Waals surface area contributed by atoms with E-state index in [2.05, 4.69) is 11.1 Å². The maximum absolute atomic E-state index is 8.73. The molecule has 5 heteroatoms. The van der Waals surface area contributed by atoms with Crippen LogP contribution in [-0.4, -0.2) is 18.7 Å². The highest BCUT2D eigenvalue weighted by Gasteiger charge is 2.08. The Bertz CT molecular complexity index is 617. The first kappa shape index (κ1) is 14.4. The topological polar surface area (TPSA) is 55.1 Å². The van der Waals surface area contributed by atoms with Gasteiger partial charge in [-0.2, -0.15) is 5.26 Å². The summed E-state index contributed by atoms with van der Waals surface area (Å²) in [5.41, 5.74) is 0.948. The number of nitriles is 1. The van der Waals surface area contributed by atoms with Gasteiger partial charge in [-0.1, -0.05) is 12.1 Å². The van der Waals surface area contributed by atoms with Crippen molar-refractivity contribution in [2.24, 2.45) is 0 Å². The van der Waals surface area contributed by atoms with Gasteiger partial charge in [0.1, 0.15) is 0 Å². The highest BCUT2D eigenvalue weighted by atomic mass is 32.1. The fourth-order valence-corrected chi connectivity index (χ4v) is 2.80. The minimum Gasteiger partial charge on any atom is -0.493 e. The van der Waals surface area contributed by atoms with Crippen molar-refractivity contribution in [1.29, 1.82) is 5.26 Å². The third-order valence-electron chi connectivity index (χ3n) is 2.82. The molecule has 0 spiro atoms. The Morgan fingerprint density at radius 3 is 2.75 bits per heavy atom. The predicted octanol–water partition coefficient (Wildman–Crippen LogP) is 3.15. The van der Waals surface area contributed by atoms with Gasteiger partial charge in [0.15, 0.2) is 11.5 Å². The van der Waals surface area contributed by atoms with Gasteiger partial charge in [0.2, 0.25) is 0 Å². The van der Waals surface area contributed by atoms with Crippen molar-refractivity contribution in [3.8, 4) is 17.6 Å². The Balaban J connectivity index is 1.93. The van der Waals surface area contributed by atoms with Crippen LogP contribution in [0.15, 0.2) is 24.3 Å². The third kappa shape index (κ3) is 3.49. The maximum atomic E-state index is 8.73. The Kier molecular flexibility index (Phi) is 4.97. The van der Waals surface area contributed by atoms with E-state index in [1.807, 2.05) is 31.2 Å². The normalized spacial score (nSPS) is 10.1. The van der Waals surface area contributed by atoms with Crippen molar-refractivity contribution in [1.82, 2.24) is 4.98 Å². The first-order chi connectivity index (χ1) is 9.74. The molecule has 0 amide bonds. The van der Waals surface area contributed by atoms with Gasteiger partial charge in [-0.3, -0.25) is 0 Å². The molecule has 0 unspecified atom stereocenters. The van der Waals surface area contributed by atoms with E-state index in [-0.39, 0.29) is 0 Å². The number of benzene rings is 1. The number of aromatic nitrogens is 1. The molecular weight excluding hydrogens is 272 g/mol. The number of nitrogens with zero attached hydrogens (tertiary/aromatic N) is 2. The summed E-state index contributed by atoms with van der Waals surface area (Å²) in [6.07, 6.45) is 1.16. The molecule has 1 heterocycles. The summed E-state index contributed by atoms with van der Waals surface area (Å²) in [5.74, 6) is 1.47. The number of hydrogen-bond donors (Lipinski definition) is 0. The lowest BCUT2D eigenvalue weighted by atomic mass is 10.3. The van der Waals surface area contributed by atoms with Gasteiger partial charge < -0.3 is 9.47 Å². The highest BCUT2D eigenvalue weighted by molar-refractivity contribution is 7.11. The van der Waals surface area contributed by atoms with Crippen LogP contribution in [0.4, 0.5) is 0 Å². The summed E-state index contributed by atoms with van der Waals surface area (Å²) in [4.78, 5) is 5.50. The number of hydrogen-bond acceptors (Lipinski definition) is 5. The van der Waals surface area contributed by atoms with E-state index < -0.39 is 0 Å². The van der Waals surface area contributed by atoms with Crippen LogP contribution in [0.5, 0.6) is 11.5 Å². The van der Waals surface area contributed by atoms with E-state index in [1.54, 1.807) is 18.4 Å². The van der Waals surface area contributed by atoms with Crippen molar-refractivity contribution in [2.75, 3.05) is 13.7 Å². The van der Waals surface area contributed by atoms with E-state index in [0.717, 1.165) is 33.5 Å². The average molecular weight is 288 g/mol. The van der Waals surface area contributed by atoms with Crippen molar-refractivity contribution in [2.45, 2.75) is 19.8 Å². The maximum Gasteiger partial charge on any atom is 0.161 e. The molecule has 20 heavy (non-hydrogen) atoms. The van der Waals surface area contributed by atoms with Crippen molar-refractivity contribution in [3.63, 3.8) is 0 Å². The molecule has 0 atom stereocenters. The Morgan fingerprint density at radius 2 is 2.05 bits per heavy atom. The molecule has 1 aromatic heterocycles. The van der Waals surface area contributed by atoms with Gasteiger partial charge >= 0.3 is 0 Å². The molecule has 0 aliphatic carbocycles. The summed E-state index contributed by atoms with van der Waals surface area (Å²) in [5, 5.41) is 9.73. The van der Waals surface area contributed by atoms with Gasteiger partial charge in [0, 0.05) is 11.3 Å². The van der Waals surface area contributed by atoms with Gasteiger partial charge in [-0.05, 0) is 19.1 Å². The largest absolute Gasteiger partial charge is 0.493 e. The average Bonchev–Trinajstić information content (AvgIpc) is 2.80. The quantitative estimate of drug-likeness (QED) is 0.819. The number of rotatable bonds is 6. The molecule has 0 radical (unpaired) electrons. The summed E-state index contributed by atoms with van der Waals surface area (Å²) in [7, 11) is 1.63. The van der Waals surface area contributed by atoms with Crippen LogP contribution in [0.25, 0.3) is 0 Å². The number of thiazole rings is 1. The summed E-state index contributed by atoms with van der Waals surface area (Å²) in [6.45, 7) is 2.48. The van der Waals surface area contributed by atoms with Gasteiger partial charge in [-0.25, -0.2) is 4.98 Å². The zero-order valence-corrected chi connectivity index (χ0v) is 12.4. The van der Waals surface area contributed by atoms with Crippen molar-refractivity contribution >= 4 is 11.3 Å². The summed E-state index contributed by atoms with van der Waals surface area (Å²) >= 11 is 1.58. The molecule has 1 aromatic carbocycles. The second-order valence-corrected chi connectivity index (χ2v) is 5.37. The molecule has 4 nitrogen and oxygen atoms in total. The van der Waals surface area contributed by atoms with E-state index in [0.29, 0.717) is 13.0 Å². The monoisotopic (exact) mass is 288 g/mol. The predicted molar refractivity (Wildman–Crippen MR) is 78.4 cm³/mol.